The third-order valence-corrected chi connectivity index (χ3v) is 2.30. The van der Waals surface area contributed by atoms with Crippen LogP contribution in [-0.2, 0) is 16.1 Å². The number of carbonyl (C=O) groups is 2. The summed E-state index contributed by atoms with van der Waals surface area (Å²) in [6.07, 6.45) is 4.77. The first-order chi connectivity index (χ1) is 8.20. The first kappa shape index (κ1) is 11.2. The first-order valence-electron chi connectivity index (χ1n) is 4.93. The summed E-state index contributed by atoms with van der Waals surface area (Å²) < 4.78 is 9.35. The molecule has 1 aliphatic heterocycles. The highest BCUT2D eigenvalue weighted by Crippen LogP contribution is 2.18. The maximum Gasteiger partial charge on any atom is 0.325 e. The summed E-state index contributed by atoms with van der Waals surface area (Å²) in [4.78, 5) is 23.9. The minimum Gasteiger partial charge on any atom is -0.468 e. The van der Waals surface area contributed by atoms with Gasteiger partial charge in [0.25, 0.3) is 0 Å². The zero-order valence-electron chi connectivity index (χ0n) is 9.17. The molecule has 0 aliphatic carbocycles. The van der Waals surface area contributed by atoms with Gasteiger partial charge in [0.2, 0.25) is 0 Å². The van der Waals surface area contributed by atoms with Gasteiger partial charge in [-0.25, -0.2) is 4.79 Å². The first-order valence-corrected chi connectivity index (χ1v) is 4.93. The molecule has 0 saturated heterocycles. The van der Waals surface area contributed by atoms with E-state index in [-0.39, 0.29) is 12.6 Å². The van der Waals surface area contributed by atoms with E-state index in [4.69, 9.17) is 4.52 Å². The van der Waals surface area contributed by atoms with Crippen molar-refractivity contribution in [2.24, 2.45) is 0 Å². The number of ether oxygens (including phenoxy) is 1. The molecule has 7 nitrogen and oxygen atoms in total. The van der Waals surface area contributed by atoms with E-state index in [2.05, 4.69) is 15.2 Å². The molecular weight excluding hydrogens is 226 g/mol. The molecule has 0 spiro atoms. The fourth-order valence-electron chi connectivity index (χ4n) is 1.38. The van der Waals surface area contributed by atoms with Crippen molar-refractivity contribution in [3.05, 3.63) is 23.7 Å². The van der Waals surface area contributed by atoms with E-state index in [1.54, 1.807) is 18.5 Å². The van der Waals surface area contributed by atoms with Gasteiger partial charge in [0.05, 0.1) is 19.9 Å². The molecule has 0 unspecified atom stereocenters. The summed E-state index contributed by atoms with van der Waals surface area (Å²) in [6, 6.07) is -0.376. The van der Waals surface area contributed by atoms with Crippen LogP contribution < -0.4 is 5.32 Å². The number of esters is 1. The molecule has 1 aromatic heterocycles. The Bertz CT molecular complexity index is 466. The molecule has 0 fully saturated rings. The van der Waals surface area contributed by atoms with Crippen molar-refractivity contribution in [2.45, 2.75) is 6.54 Å². The van der Waals surface area contributed by atoms with Gasteiger partial charge in [-0.05, 0) is 0 Å². The van der Waals surface area contributed by atoms with E-state index >= 15 is 0 Å². The Balaban J connectivity index is 1.92. The second kappa shape index (κ2) is 4.69. The molecule has 0 radical (unpaired) electrons. The molecule has 0 bridgehead atoms. The minimum absolute atomic E-state index is 0.157. The van der Waals surface area contributed by atoms with Crippen LogP contribution in [0.2, 0.25) is 0 Å². The van der Waals surface area contributed by atoms with Gasteiger partial charge in [0.15, 0.2) is 5.76 Å². The predicted octanol–water partition coefficient (Wildman–Crippen LogP) is 0.343. The number of amides is 2. The lowest BCUT2D eigenvalue weighted by Crippen LogP contribution is -2.39. The Morgan fingerprint density at radius 1 is 1.65 bits per heavy atom. The summed E-state index contributed by atoms with van der Waals surface area (Å²) >= 11 is 0. The molecule has 7 heteroatoms. The standard InChI is InChI=1S/C10H11N3O4/c1-16-9(14)5-11-10(15)13-3-2-8-7(6-13)4-12-17-8/h2-4H,5-6H2,1H3,(H,11,15). The molecule has 90 valence electrons. The number of nitrogens with one attached hydrogen (secondary N) is 1. The lowest BCUT2D eigenvalue weighted by atomic mass is 10.2. The van der Waals surface area contributed by atoms with Gasteiger partial charge in [-0.3, -0.25) is 9.69 Å². The molecule has 1 N–H and O–H groups in total. The lowest BCUT2D eigenvalue weighted by molar-refractivity contribution is -0.139. The molecule has 0 saturated carbocycles. The fourth-order valence-corrected chi connectivity index (χ4v) is 1.38. The number of fused-ring (bicyclic) bond motifs is 1. The van der Waals surface area contributed by atoms with Crippen LogP contribution in [-0.4, -0.2) is 35.7 Å². The average molecular weight is 237 g/mol. The third kappa shape index (κ3) is 2.44. The van der Waals surface area contributed by atoms with Crippen molar-refractivity contribution in [1.82, 2.24) is 15.4 Å². The van der Waals surface area contributed by atoms with Crippen LogP contribution in [0.4, 0.5) is 4.79 Å². The summed E-state index contributed by atoms with van der Waals surface area (Å²) in [5.41, 5.74) is 0.820. The van der Waals surface area contributed by atoms with Crippen molar-refractivity contribution in [3.8, 4) is 0 Å². The normalized spacial score (nSPS) is 13.1. The third-order valence-electron chi connectivity index (χ3n) is 2.30. The van der Waals surface area contributed by atoms with Crippen LogP contribution in [0.3, 0.4) is 0 Å². The fraction of sp³-hybridized carbons (Fsp3) is 0.300. The Morgan fingerprint density at radius 2 is 2.47 bits per heavy atom. The van der Waals surface area contributed by atoms with Crippen molar-refractivity contribution < 1.29 is 18.8 Å². The zero-order chi connectivity index (χ0) is 12.3. The predicted molar refractivity (Wildman–Crippen MR) is 56.5 cm³/mol. The quantitative estimate of drug-likeness (QED) is 0.750. The Kier molecular flexibility index (Phi) is 3.08. The van der Waals surface area contributed by atoms with Gasteiger partial charge in [-0.15, -0.1) is 0 Å². The molecular formula is C10H11N3O4. The van der Waals surface area contributed by atoms with E-state index in [9.17, 15) is 9.59 Å². The van der Waals surface area contributed by atoms with Gasteiger partial charge >= 0.3 is 12.0 Å². The Morgan fingerprint density at radius 3 is 3.24 bits per heavy atom. The van der Waals surface area contributed by atoms with Crippen molar-refractivity contribution >= 4 is 18.1 Å². The Hall–Kier alpha value is -2.31. The molecule has 17 heavy (non-hydrogen) atoms. The number of carbonyl (C=O) groups excluding carboxylic acids is 2. The zero-order valence-corrected chi connectivity index (χ0v) is 9.17. The molecule has 1 aromatic rings. The molecule has 2 rings (SSSR count). The Labute approximate surface area is 97.0 Å². The highest BCUT2D eigenvalue weighted by atomic mass is 16.5. The topological polar surface area (TPSA) is 84.7 Å². The largest absolute Gasteiger partial charge is 0.468 e. The van der Waals surface area contributed by atoms with Gasteiger partial charge in [-0.2, -0.15) is 0 Å². The second-order valence-electron chi connectivity index (χ2n) is 3.39. The highest BCUT2D eigenvalue weighted by molar-refractivity contribution is 5.82. The van der Waals surface area contributed by atoms with Crippen LogP contribution in [0.5, 0.6) is 0 Å². The van der Waals surface area contributed by atoms with E-state index in [1.807, 2.05) is 0 Å². The number of hydrogen-bond acceptors (Lipinski definition) is 5. The molecule has 0 aromatic carbocycles. The van der Waals surface area contributed by atoms with E-state index in [0.29, 0.717) is 12.3 Å². The number of urea groups is 1. The van der Waals surface area contributed by atoms with Crippen molar-refractivity contribution in [1.29, 1.82) is 0 Å². The van der Waals surface area contributed by atoms with Crippen LogP contribution in [0, 0.1) is 0 Å². The van der Waals surface area contributed by atoms with Crippen LogP contribution in [0.15, 0.2) is 16.9 Å². The van der Waals surface area contributed by atoms with E-state index < -0.39 is 5.97 Å². The average Bonchev–Trinajstić information content (AvgIpc) is 2.82. The molecule has 2 amide bonds. The van der Waals surface area contributed by atoms with Crippen molar-refractivity contribution in [2.75, 3.05) is 13.7 Å². The van der Waals surface area contributed by atoms with Gasteiger partial charge in [-0.1, -0.05) is 5.16 Å². The summed E-state index contributed by atoms with van der Waals surface area (Å²) in [5, 5.41) is 6.06. The number of methoxy groups -OCH3 is 1. The van der Waals surface area contributed by atoms with Crippen LogP contribution >= 0.6 is 0 Å². The van der Waals surface area contributed by atoms with Gasteiger partial charge in [0.1, 0.15) is 6.54 Å². The maximum atomic E-state index is 11.7. The molecule has 0 atom stereocenters. The lowest BCUT2D eigenvalue weighted by Gasteiger charge is -2.20. The smallest absolute Gasteiger partial charge is 0.325 e. The van der Waals surface area contributed by atoms with E-state index in [0.717, 1.165) is 5.56 Å². The number of rotatable bonds is 2. The molecule has 2 heterocycles. The van der Waals surface area contributed by atoms with Crippen molar-refractivity contribution in [3.63, 3.8) is 0 Å². The molecule has 1 aliphatic rings. The summed E-state index contributed by atoms with van der Waals surface area (Å²) in [5.74, 6) is 0.145. The summed E-state index contributed by atoms with van der Waals surface area (Å²) in [6.45, 7) is 0.207. The monoisotopic (exact) mass is 237 g/mol. The minimum atomic E-state index is -0.495. The SMILES string of the molecule is COC(=O)CNC(=O)N1C=Cc2oncc2C1. The number of aromatic nitrogens is 1. The number of nitrogens with zero attached hydrogens (tertiary/aromatic N) is 2. The highest BCUT2D eigenvalue weighted by Gasteiger charge is 2.19. The summed E-state index contributed by atoms with van der Waals surface area (Å²) in [7, 11) is 1.26. The maximum absolute atomic E-state index is 11.7. The second-order valence-corrected chi connectivity index (χ2v) is 3.39. The van der Waals surface area contributed by atoms with Gasteiger partial charge < -0.3 is 14.6 Å². The van der Waals surface area contributed by atoms with E-state index in [1.165, 1.54) is 12.0 Å². The van der Waals surface area contributed by atoms with Crippen LogP contribution in [0.1, 0.15) is 11.3 Å². The van der Waals surface area contributed by atoms with Crippen LogP contribution in [0.25, 0.3) is 6.08 Å². The van der Waals surface area contributed by atoms with Gasteiger partial charge in [0, 0.05) is 17.8 Å². The number of hydrogen-bond donors (Lipinski definition) is 1.